The van der Waals surface area contributed by atoms with E-state index in [1.807, 2.05) is 30.3 Å². The molecular weight excluding hydrogens is 266 g/mol. The van der Waals surface area contributed by atoms with Crippen molar-refractivity contribution in [3.63, 3.8) is 0 Å². The predicted octanol–water partition coefficient (Wildman–Crippen LogP) is 3.45. The lowest BCUT2D eigenvalue weighted by Crippen LogP contribution is -2.11. The molecule has 5 nitrogen and oxygen atoms in total. The molecule has 0 radical (unpaired) electrons. The highest BCUT2D eigenvalue weighted by Gasteiger charge is 2.07. The molecule has 104 valence electrons. The van der Waals surface area contributed by atoms with Crippen molar-refractivity contribution in [2.75, 3.05) is 5.32 Å². The van der Waals surface area contributed by atoms with Gasteiger partial charge < -0.3 is 15.0 Å². The Labute approximate surface area is 121 Å². The van der Waals surface area contributed by atoms with E-state index < -0.39 is 0 Å². The molecule has 3 rings (SSSR count). The maximum atomic E-state index is 11.8. The van der Waals surface area contributed by atoms with Crippen LogP contribution in [0, 0.1) is 0 Å². The second kappa shape index (κ2) is 5.92. The van der Waals surface area contributed by atoms with Crippen molar-refractivity contribution < 1.29 is 9.53 Å². The number of carbonyl (C=O) groups excluding carboxylic acids is 1. The molecule has 1 amide bonds. The molecule has 0 unspecified atom stereocenters. The van der Waals surface area contributed by atoms with Gasteiger partial charge in [-0.25, -0.2) is 4.98 Å². The Balaban J connectivity index is 1.65. The number of para-hydroxylation sites is 1. The molecule has 0 saturated carbocycles. The van der Waals surface area contributed by atoms with E-state index in [4.69, 9.17) is 4.74 Å². The summed E-state index contributed by atoms with van der Waals surface area (Å²) >= 11 is 0. The number of aromatic amines is 1. The number of nitrogens with one attached hydrogen (secondary N) is 2. The van der Waals surface area contributed by atoms with Gasteiger partial charge in [0.25, 0.3) is 5.91 Å². The van der Waals surface area contributed by atoms with Crippen LogP contribution in [0.25, 0.3) is 0 Å². The average Bonchev–Trinajstić information content (AvgIpc) is 3.05. The van der Waals surface area contributed by atoms with E-state index in [0.29, 0.717) is 17.1 Å². The van der Waals surface area contributed by atoms with Crippen LogP contribution in [0.5, 0.6) is 11.5 Å². The van der Waals surface area contributed by atoms with Crippen molar-refractivity contribution in [1.82, 2.24) is 9.97 Å². The third-order valence-corrected chi connectivity index (χ3v) is 2.83. The second-order valence-corrected chi connectivity index (χ2v) is 4.36. The van der Waals surface area contributed by atoms with Gasteiger partial charge in [0.15, 0.2) is 0 Å². The van der Waals surface area contributed by atoms with Crippen molar-refractivity contribution in [2.24, 2.45) is 0 Å². The number of aromatic nitrogens is 2. The van der Waals surface area contributed by atoms with E-state index in [1.165, 1.54) is 12.5 Å². The van der Waals surface area contributed by atoms with Crippen molar-refractivity contribution in [3.05, 3.63) is 72.8 Å². The third-order valence-electron chi connectivity index (χ3n) is 2.83. The van der Waals surface area contributed by atoms with Crippen LogP contribution < -0.4 is 10.1 Å². The summed E-state index contributed by atoms with van der Waals surface area (Å²) in [6, 6.07) is 16.7. The molecule has 1 heterocycles. The number of ether oxygens (including phenoxy) is 1. The fraction of sp³-hybridized carbons (Fsp3) is 0. The van der Waals surface area contributed by atoms with Gasteiger partial charge in [-0.2, -0.15) is 0 Å². The Kier molecular flexibility index (Phi) is 3.64. The van der Waals surface area contributed by atoms with Crippen LogP contribution in [0.15, 0.2) is 67.1 Å². The molecule has 2 N–H and O–H groups in total. The fourth-order valence-corrected chi connectivity index (χ4v) is 1.81. The van der Waals surface area contributed by atoms with Gasteiger partial charge in [-0.1, -0.05) is 18.2 Å². The zero-order valence-corrected chi connectivity index (χ0v) is 11.1. The number of anilines is 1. The molecule has 0 aliphatic rings. The summed E-state index contributed by atoms with van der Waals surface area (Å²) in [7, 11) is 0. The molecule has 3 aromatic rings. The zero-order chi connectivity index (χ0) is 14.5. The lowest BCUT2D eigenvalue weighted by molar-refractivity contribution is 0.102. The van der Waals surface area contributed by atoms with E-state index in [2.05, 4.69) is 15.3 Å². The Morgan fingerprint density at radius 1 is 1.00 bits per heavy atom. The van der Waals surface area contributed by atoms with Gasteiger partial charge in [0.1, 0.15) is 17.2 Å². The Morgan fingerprint density at radius 3 is 2.38 bits per heavy atom. The van der Waals surface area contributed by atoms with Gasteiger partial charge in [0.05, 0.1) is 12.5 Å². The first-order chi connectivity index (χ1) is 10.3. The first-order valence-electron chi connectivity index (χ1n) is 6.44. The molecule has 0 saturated heterocycles. The Morgan fingerprint density at radius 2 is 1.71 bits per heavy atom. The molecule has 0 atom stereocenters. The standard InChI is InChI=1S/C16H13N3O2/c20-16(15-10-17-11-18-15)19-12-6-8-14(9-7-12)21-13-4-2-1-3-5-13/h1-11H,(H,17,18)(H,19,20). The predicted molar refractivity (Wildman–Crippen MR) is 79.5 cm³/mol. The number of hydrogen-bond acceptors (Lipinski definition) is 3. The van der Waals surface area contributed by atoms with Crippen LogP contribution in [0.4, 0.5) is 5.69 Å². The summed E-state index contributed by atoms with van der Waals surface area (Å²) in [4.78, 5) is 18.4. The molecule has 21 heavy (non-hydrogen) atoms. The normalized spacial score (nSPS) is 10.1. The Bertz CT molecular complexity index is 707. The minimum Gasteiger partial charge on any atom is -0.457 e. The van der Waals surface area contributed by atoms with E-state index in [-0.39, 0.29) is 5.91 Å². The summed E-state index contributed by atoms with van der Waals surface area (Å²) in [5, 5.41) is 2.77. The number of imidazole rings is 1. The first kappa shape index (κ1) is 12.9. The minimum atomic E-state index is -0.232. The summed E-state index contributed by atoms with van der Waals surface area (Å²) in [6.07, 6.45) is 2.94. The van der Waals surface area contributed by atoms with Crippen LogP contribution in [0.2, 0.25) is 0 Å². The second-order valence-electron chi connectivity index (χ2n) is 4.36. The molecule has 0 bridgehead atoms. The van der Waals surface area contributed by atoms with E-state index in [1.54, 1.807) is 24.3 Å². The topological polar surface area (TPSA) is 67.0 Å². The van der Waals surface area contributed by atoms with Crippen LogP contribution in [0.3, 0.4) is 0 Å². The smallest absolute Gasteiger partial charge is 0.273 e. The summed E-state index contributed by atoms with van der Waals surface area (Å²) < 4.78 is 5.68. The highest BCUT2D eigenvalue weighted by atomic mass is 16.5. The first-order valence-corrected chi connectivity index (χ1v) is 6.44. The fourth-order valence-electron chi connectivity index (χ4n) is 1.81. The van der Waals surface area contributed by atoms with Crippen molar-refractivity contribution in [2.45, 2.75) is 0 Å². The monoisotopic (exact) mass is 279 g/mol. The minimum absolute atomic E-state index is 0.232. The molecule has 5 heteroatoms. The number of carbonyl (C=O) groups is 1. The lowest BCUT2D eigenvalue weighted by atomic mass is 10.3. The summed E-state index contributed by atoms with van der Waals surface area (Å²) in [6.45, 7) is 0. The van der Waals surface area contributed by atoms with Crippen LogP contribution in [0.1, 0.15) is 10.5 Å². The largest absolute Gasteiger partial charge is 0.457 e. The number of H-pyrrole nitrogens is 1. The van der Waals surface area contributed by atoms with E-state index in [9.17, 15) is 4.79 Å². The highest BCUT2D eigenvalue weighted by molar-refractivity contribution is 6.02. The molecule has 0 spiro atoms. The molecular formula is C16H13N3O2. The number of hydrogen-bond donors (Lipinski definition) is 2. The van der Waals surface area contributed by atoms with Crippen molar-refractivity contribution in [3.8, 4) is 11.5 Å². The number of amides is 1. The maximum Gasteiger partial charge on any atom is 0.273 e. The molecule has 1 aromatic heterocycles. The van der Waals surface area contributed by atoms with Crippen LogP contribution >= 0.6 is 0 Å². The maximum absolute atomic E-state index is 11.8. The van der Waals surface area contributed by atoms with Gasteiger partial charge in [-0.15, -0.1) is 0 Å². The molecule has 0 aliphatic carbocycles. The lowest BCUT2D eigenvalue weighted by Gasteiger charge is -2.07. The number of nitrogens with zero attached hydrogens (tertiary/aromatic N) is 1. The number of rotatable bonds is 4. The van der Waals surface area contributed by atoms with Gasteiger partial charge >= 0.3 is 0 Å². The van der Waals surface area contributed by atoms with Crippen molar-refractivity contribution >= 4 is 11.6 Å². The third kappa shape index (κ3) is 3.27. The van der Waals surface area contributed by atoms with Gasteiger partial charge in [0.2, 0.25) is 0 Å². The molecule has 0 fully saturated rings. The van der Waals surface area contributed by atoms with Crippen molar-refractivity contribution in [1.29, 1.82) is 0 Å². The molecule has 2 aromatic carbocycles. The van der Waals surface area contributed by atoms with Crippen LogP contribution in [-0.2, 0) is 0 Å². The van der Waals surface area contributed by atoms with E-state index >= 15 is 0 Å². The van der Waals surface area contributed by atoms with Crippen LogP contribution in [-0.4, -0.2) is 15.9 Å². The van der Waals surface area contributed by atoms with Gasteiger partial charge in [0, 0.05) is 5.69 Å². The molecule has 0 aliphatic heterocycles. The highest BCUT2D eigenvalue weighted by Crippen LogP contribution is 2.22. The Hall–Kier alpha value is -3.08. The summed E-state index contributed by atoms with van der Waals surface area (Å²) in [5.41, 5.74) is 1.11. The SMILES string of the molecule is O=C(Nc1ccc(Oc2ccccc2)cc1)c1cnc[nH]1. The summed E-state index contributed by atoms with van der Waals surface area (Å²) in [5.74, 6) is 1.25. The zero-order valence-electron chi connectivity index (χ0n) is 11.1. The average molecular weight is 279 g/mol. The van der Waals surface area contributed by atoms with E-state index in [0.717, 1.165) is 5.75 Å². The number of benzene rings is 2. The van der Waals surface area contributed by atoms with Gasteiger partial charge in [-0.3, -0.25) is 4.79 Å². The van der Waals surface area contributed by atoms with Gasteiger partial charge in [-0.05, 0) is 36.4 Å². The quantitative estimate of drug-likeness (QED) is 0.768.